The molecule has 0 aliphatic carbocycles. The number of rotatable bonds is 3. The summed E-state index contributed by atoms with van der Waals surface area (Å²) in [5, 5.41) is 0.755. The molecule has 19 heavy (non-hydrogen) atoms. The van der Waals surface area contributed by atoms with Gasteiger partial charge in [-0.25, -0.2) is 0 Å². The van der Waals surface area contributed by atoms with Gasteiger partial charge in [0.2, 0.25) is 0 Å². The van der Waals surface area contributed by atoms with E-state index in [1.807, 2.05) is 31.3 Å². The normalized spacial score (nSPS) is 11.7. The Kier molecular flexibility index (Phi) is 4.11. The lowest BCUT2D eigenvalue weighted by atomic mass is 10.2. The zero-order chi connectivity index (χ0) is 14.0. The van der Waals surface area contributed by atoms with Crippen LogP contribution in [0, 0.1) is 13.8 Å². The van der Waals surface area contributed by atoms with Gasteiger partial charge >= 0.3 is 0 Å². The number of aliphatic imine (C=N–C) groups is 1. The second-order valence-electron chi connectivity index (χ2n) is 5.06. The maximum atomic E-state index is 6.09. The molecule has 0 aliphatic rings. The summed E-state index contributed by atoms with van der Waals surface area (Å²) in [4.78, 5) is 4.53. The minimum Gasteiger partial charge on any atom is -0.349 e. The summed E-state index contributed by atoms with van der Waals surface area (Å²) in [6, 6.07) is 8.39. The van der Waals surface area contributed by atoms with Crippen molar-refractivity contribution in [3.05, 3.63) is 52.3 Å². The van der Waals surface area contributed by atoms with Gasteiger partial charge in [-0.1, -0.05) is 17.7 Å². The summed E-state index contributed by atoms with van der Waals surface area (Å²) in [6.45, 7) is 8.45. The van der Waals surface area contributed by atoms with E-state index >= 15 is 0 Å². The summed E-state index contributed by atoms with van der Waals surface area (Å²) >= 11 is 6.09. The van der Waals surface area contributed by atoms with Gasteiger partial charge in [0.1, 0.15) is 0 Å². The quantitative estimate of drug-likeness (QED) is 0.694. The van der Waals surface area contributed by atoms with Crippen molar-refractivity contribution in [2.75, 3.05) is 0 Å². The van der Waals surface area contributed by atoms with E-state index in [2.05, 4.69) is 42.6 Å². The first kappa shape index (κ1) is 13.9. The molecule has 0 saturated heterocycles. The molecule has 0 spiro atoms. The van der Waals surface area contributed by atoms with Crippen molar-refractivity contribution in [3.8, 4) is 0 Å². The summed E-state index contributed by atoms with van der Waals surface area (Å²) in [7, 11) is 0. The molecule has 0 amide bonds. The topological polar surface area (TPSA) is 17.3 Å². The molecule has 3 heteroatoms. The SMILES string of the molecule is Cc1c(Cl)cccc1N=Cc1cc(C)n(C(C)C)c1. The van der Waals surface area contributed by atoms with Crippen molar-refractivity contribution in [3.63, 3.8) is 0 Å². The monoisotopic (exact) mass is 274 g/mol. The third-order valence-electron chi connectivity index (χ3n) is 3.22. The van der Waals surface area contributed by atoms with E-state index in [0.29, 0.717) is 6.04 Å². The van der Waals surface area contributed by atoms with Crippen LogP contribution in [0.2, 0.25) is 5.02 Å². The number of hydrogen-bond acceptors (Lipinski definition) is 1. The van der Waals surface area contributed by atoms with E-state index in [0.717, 1.165) is 21.8 Å². The molecular weight excluding hydrogens is 256 g/mol. The molecule has 0 unspecified atom stereocenters. The van der Waals surface area contributed by atoms with Crippen LogP contribution in [-0.4, -0.2) is 10.8 Å². The molecule has 0 N–H and O–H groups in total. The average molecular weight is 275 g/mol. The number of hydrogen-bond donors (Lipinski definition) is 0. The van der Waals surface area contributed by atoms with E-state index in [4.69, 9.17) is 11.6 Å². The Morgan fingerprint density at radius 2 is 2.00 bits per heavy atom. The first-order chi connectivity index (χ1) is 8.99. The van der Waals surface area contributed by atoms with Gasteiger partial charge in [0, 0.05) is 34.7 Å². The molecule has 1 aromatic carbocycles. The highest BCUT2D eigenvalue weighted by molar-refractivity contribution is 6.31. The van der Waals surface area contributed by atoms with Crippen LogP contribution in [-0.2, 0) is 0 Å². The summed E-state index contributed by atoms with van der Waals surface area (Å²) in [5.41, 5.74) is 4.30. The second kappa shape index (κ2) is 5.62. The van der Waals surface area contributed by atoms with Gasteiger partial charge in [-0.3, -0.25) is 4.99 Å². The third-order valence-corrected chi connectivity index (χ3v) is 3.63. The first-order valence-electron chi connectivity index (χ1n) is 6.46. The largest absolute Gasteiger partial charge is 0.349 e. The van der Waals surface area contributed by atoms with Gasteiger partial charge in [0.15, 0.2) is 0 Å². The Morgan fingerprint density at radius 3 is 2.63 bits per heavy atom. The van der Waals surface area contributed by atoms with E-state index in [-0.39, 0.29) is 0 Å². The lowest BCUT2D eigenvalue weighted by molar-refractivity contribution is 0.589. The first-order valence-corrected chi connectivity index (χ1v) is 6.84. The van der Waals surface area contributed by atoms with Gasteiger partial charge in [-0.05, 0) is 51.5 Å². The minimum absolute atomic E-state index is 0.468. The van der Waals surface area contributed by atoms with Gasteiger partial charge in [-0.15, -0.1) is 0 Å². The molecule has 0 radical (unpaired) electrons. The zero-order valence-corrected chi connectivity index (χ0v) is 12.6. The van der Waals surface area contributed by atoms with E-state index in [1.54, 1.807) is 0 Å². The summed E-state index contributed by atoms with van der Waals surface area (Å²) in [5.74, 6) is 0. The van der Waals surface area contributed by atoms with Crippen LogP contribution < -0.4 is 0 Å². The maximum absolute atomic E-state index is 6.09. The molecule has 0 aliphatic heterocycles. The molecule has 0 bridgehead atoms. The van der Waals surface area contributed by atoms with Crippen molar-refractivity contribution in [1.29, 1.82) is 0 Å². The predicted octanol–water partition coefficient (Wildman–Crippen LogP) is 5.09. The molecule has 1 heterocycles. The van der Waals surface area contributed by atoms with Crippen LogP contribution in [0.5, 0.6) is 0 Å². The highest BCUT2D eigenvalue weighted by Crippen LogP contribution is 2.25. The van der Waals surface area contributed by atoms with Gasteiger partial charge < -0.3 is 4.57 Å². The molecule has 0 saturated carbocycles. The summed E-state index contributed by atoms with van der Waals surface area (Å²) in [6.07, 6.45) is 4.02. The van der Waals surface area contributed by atoms with Gasteiger partial charge in [-0.2, -0.15) is 0 Å². The number of benzene rings is 1. The third kappa shape index (κ3) is 3.07. The van der Waals surface area contributed by atoms with Gasteiger partial charge in [0.25, 0.3) is 0 Å². The zero-order valence-electron chi connectivity index (χ0n) is 11.8. The maximum Gasteiger partial charge on any atom is 0.0673 e. The Hall–Kier alpha value is -1.54. The van der Waals surface area contributed by atoms with Crippen LogP contribution in [0.15, 0.2) is 35.5 Å². The van der Waals surface area contributed by atoms with Crippen LogP contribution in [0.25, 0.3) is 0 Å². The molecule has 2 aromatic rings. The summed E-state index contributed by atoms with van der Waals surface area (Å²) < 4.78 is 2.24. The Balaban J connectivity index is 2.28. The highest BCUT2D eigenvalue weighted by Gasteiger charge is 2.04. The Bertz CT molecular complexity index is 609. The van der Waals surface area contributed by atoms with Crippen LogP contribution in [0.3, 0.4) is 0 Å². The lowest BCUT2D eigenvalue weighted by Crippen LogP contribution is -2.00. The van der Waals surface area contributed by atoms with Crippen molar-refractivity contribution in [1.82, 2.24) is 4.57 Å². The fourth-order valence-corrected chi connectivity index (χ4v) is 2.29. The lowest BCUT2D eigenvalue weighted by Gasteiger charge is -2.08. The predicted molar refractivity (Wildman–Crippen MR) is 83.0 cm³/mol. The molecule has 1 aromatic heterocycles. The standard InChI is InChI=1S/C16H19ClN2/c1-11(2)19-10-14(8-12(19)3)9-18-16-7-5-6-15(17)13(16)4/h5-11H,1-4H3. The molecule has 100 valence electrons. The molecule has 0 atom stereocenters. The number of aryl methyl sites for hydroxylation is 1. The van der Waals surface area contributed by atoms with E-state index in [9.17, 15) is 0 Å². The molecule has 2 rings (SSSR count). The Morgan fingerprint density at radius 1 is 1.26 bits per heavy atom. The van der Waals surface area contributed by atoms with E-state index in [1.165, 1.54) is 5.69 Å². The van der Waals surface area contributed by atoms with Crippen LogP contribution >= 0.6 is 11.6 Å². The van der Waals surface area contributed by atoms with Crippen molar-refractivity contribution >= 4 is 23.5 Å². The van der Waals surface area contributed by atoms with Crippen molar-refractivity contribution in [2.24, 2.45) is 4.99 Å². The highest BCUT2D eigenvalue weighted by atomic mass is 35.5. The second-order valence-corrected chi connectivity index (χ2v) is 5.47. The number of halogens is 1. The fourth-order valence-electron chi connectivity index (χ4n) is 2.12. The van der Waals surface area contributed by atoms with Crippen LogP contribution in [0.4, 0.5) is 5.69 Å². The molecule has 2 nitrogen and oxygen atoms in total. The minimum atomic E-state index is 0.468. The van der Waals surface area contributed by atoms with Crippen molar-refractivity contribution < 1.29 is 0 Å². The van der Waals surface area contributed by atoms with Crippen molar-refractivity contribution in [2.45, 2.75) is 33.7 Å². The molecular formula is C16H19ClN2. The fraction of sp³-hybridized carbons (Fsp3) is 0.312. The molecule has 0 fully saturated rings. The number of aromatic nitrogens is 1. The van der Waals surface area contributed by atoms with E-state index < -0.39 is 0 Å². The van der Waals surface area contributed by atoms with Crippen LogP contribution in [0.1, 0.15) is 36.7 Å². The van der Waals surface area contributed by atoms with Gasteiger partial charge in [0.05, 0.1) is 5.69 Å². The Labute approximate surface area is 119 Å². The number of nitrogens with zero attached hydrogens (tertiary/aromatic N) is 2. The smallest absolute Gasteiger partial charge is 0.0673 e. The average Bonchev–Trinajstić information content (AvgIpc) is 2.73.